The maximum Gasteiger partial charge on any atom is 0.322 e. The number of carbonyl (C=O) groups excluding carboxylic acids is 1. The Morgan fingerprint density at radius 1 is 0.968 bits per heavy atom. The normalized spacial score (nSPS) is 19.6. The molecular formula is C26H29N3OS. The minimum atomic E-state index is 0.0165. The molecule has 5 heteroatoms. The number of nitrogens with zero attached hydrogens (tertiary/aromatic N) is 2. The Hall–Kier alpha value is -2.53. The Bertz CT molecular complexity index is 1160. The van der Waals surface area contributed by atoms with Crippen LogP contribution in [0.4, 0.5) is 10.5 Å². The molecule has 3 heterocycles. The minimum Gasteiger partial charge on any atom is -0.312 e. The van der Waals surface area contributed by atoms with E-state index < -0.39 is 0 Å². The molecule has 0 unspecified atom stereocenters. The molecule has 1 atom stereocenters. The van der Waals surface area contributed by atoms with Gasteiger partial charge in [0, 0.05) is 28.0 Å². The molecule has 0 saturated carbocycles. The van der Waals surface area contributed by atoms with Gasteiger partial charge in [-0.1, -0.05) is 12.1 Å². The first-order valence-corrected chi connectivity index (χ1v) is 12.5. The molecule has 2 aromatic heterocycles. The molecule has 6 rings (SSSR count). The first kappa shape index (κ1) is 19.2. The maximum atomic E-state index is 13.7. The fourth-order valence-corrected chi connectivity index (χ4v) is 7.10. The zero-order valence-corrected chi connectivity index (χ0v) is 18.9. The number of fused-ring (bicyclic) bond motifs is 6. The van der Waals surface area contributed by atoms with E-state index >= 15 is 0 Å². The first-order chi connectivity index (χ1) is 15.2. The van der Waals surface area contributed by atoms with Crippen LogP contribution in [0, 0.1) is 0 Å². The fourth-order valence-electron chi connectivity index (χ4n) is 5.69. The van der Waals surface area contributed by atoms with Crippen LogP contribution in [0.3, 0.4) is 0 Å². The number of amides is 2. The summed E-state index contributed by atoms with van der Waals surface area (Å²) in [6.07, 6.45) is 11.7. The smallest absolute Gasteiger partial charge is 0.312 e. The van der Waals surface area contributed by atoms with Crippen molar-refractivity contribution in [3.63, 3.8) is 0 Å². The van der Waals surface area contributed by atoms with Crippen molar-refractivity contribution in [2.24, 2.45) is 0 Å². The average Bonchev–Trinajstić information content (AvgIpc) is 3.39. The van der Waals surface area contributed by atoms with Crippen LogP contribution in [0.15, 0.2) is 36.5 Å². The molecule has 2 amide bonds. The van der Waals surface area contributed by atoms with Gasteiger partial charge >= 0.3 is 6.03 Å². The highest BCUT2D eigenvalue weighted by Crippen LogP contribution is 2.42. The Kier molecular flexibility index (Phi) is 4.67. The molecule has 0 radical (unpaired) electrons. The number of carbonyl (C=O) groups is 1. The summed E-state index contributed by atoms with van der Waals surface area (Å²) in [4.78, 5) is 17.2. The van der Waals surface area contributed by atoms with Crippen LogP contribution < -0.4 is 5.32 Å². The lowest BCUT2D eigenvalue weighted by atomic mass is 9.90. The van der Waals surface area contributed by atoms with Gasteiger partial charge in [0.15, 0.2) is 0 Å². The topological polar surface area (TPSA) is 37.3 Å². The fraction of sp³-hybridized carbons (Fsp3) is 0.423. The standard InChI is InChI=1S/C26H29N3OS/c1-17-23-13-7-15-28(23)25-21(20-11-4-5-14-24(20)31-25)16-29(17)26(30)27-22-12-6-9-18-8-2-3-10-19(18)22/h6-7,9,12-13,15,17H,2-5,8,10-11,14,16H2,1H3,(H,27,30)/t17-/m1/s1. The van der Waals surface area contributed by atoms with Crippen molar-refractivity contribution < 1.29 is 4.79 Å². The number of urea groups is 1. The molecule has 3 aliphatic rings. The van der Waals surface area contributed by atoms with E-state index in [0.29, 0.717) is 6.54 Å². The second kappa shape index (κ2) is 7.56. The van der Waals surface area contributed by atoms with Gasteiger partial charge in [0.25, 0.3) is 0 Å². The number of hydrogen-bond donors (Lipinski definition) is 1. The van der Waals surface area contributed by atoms with Crippen molar-refractivity contribution in [1.29, 1.82) is 0 Å². The number of aryl methyl sites for hydroxylation is 2. The quantitative estimate of drug-likeness (QED) is 0.475. The van der Waals surface area contributed by atoms with Crippen molar-refractivity contribution in [2.75, 3.05) is 5.32 Å². The van der Waals surface area contributed by atoms with Crippen LogP contribution in [0.25, 0.3) is 5.00 Å². The lowest BCUT2D eigenvalue weighted by Gasteiger charge is -2.29. The number of aromatic nitrogens is 1. The van der Waals surface area contributed by atoms with Crippen LogP contribution in [-0.2, 0) is 32.2 Å². The molecule has 2 aliphatic carbocycles. The van der Waals surface area contributed by atoms with Crippen LogP contribution >= 0.6 is 11.3 Å². The summed E-state index contributed by atoms with van der Waals surface area (Å²) in [6, 6.07) is 10.7. The largest absolute Gasteiger partial charge is 0.322 e. The van der Waals surface area contributed by atoms with Gasteiger partial charge < -0.3 is 14.8 Å². The highest BCUT2D eigenvalue weighted by Gasteiger charge is 2.33. The Morgan fingerprint density at radius 3 is 2.68 bits per heavy atom. The zero-order chi connectivity index (χ0) is 20.9. The SMILES string of the molecule is C[C@@H]1c2cccn2-c2sc3c(c2CN1C(=O)Nc1cccc2c1CCCC2)CCCC3. The number of benzene rings is 1. The number of nitrogens with one attached hydrogen (secondary N) is 1. The van der Waals surface area contributed by atoms with Gasteiger partial charge in [-0.3, -0.25) is 0 Å². The second-order valence-corrected chi connectivity index (χ2v) is 10.3. The zero-order valence-electron chi connectivity index (χ0n) is 18.1. The van der Waals surface area contributed by atoms with E-state index in [0.717, 1.165) is 24.9 Å². The summed E-state index contributed by atoms with van der Waals surface area (Å²) in [6.45, 7) is 2.85. The van der Waals surface area contributed by atoms with Crippen molar-refractivity contribution >= 4 is 23.1 Å². The van der Waals surface area contributed by atoms with Crippen LogP contribution in [0.5, 0.6) is 0 Å². The van der Waals surface area contributed by atoms with Gasteiger partial charge in [0.2, 0.25) is 0 Å². The molecule has 1 N–H and O–H groups in total. The van der Waals surface area contributed by atoms with Crippen molar-refractivity contribution in [3.05, 3.63) is 69.4 Å². The second-order valence-electron chi connectivity index (χ2n) is 9.18. The van der Waals surface area contributed by atoms with E-state index in [9.17, 15) is 4.79 Å². The number of thiophene rings is 1. The third kappa shape index (κ3) is 3.13. The van der Waals surface area contributed by atoms with Crippen LogP contribution in [0.1, 0.15) is 71.5 Å². The lowest BCUT2D eigenvalue weighted by molar-refractivity contribution is 0.189. The highest BCUT2D eigenvalue weighted by atomic mass is 32.1. The summed E-state index contributed by atoms with van der Waals surface area (Å²) in [5.74, 6) is 0. The van der Waals surface area contributed by atoms with E-state index in [1.165, 1.54) is 69.9 Å². The monoisotopic (exact) mass is 431 g/mol. The highest BCUT2D eigenvalue weighted by molar-refractivity contribution is 7.15. The molecular weight excluding hydrogens is 402 g/mol. The van der Waals surface area contributed by atoms with E-state index in [2.05, 4.69) is 53.3 Å². The third-order valence-corrected chi connectivity index (χ3v) is 8.71. The predicted molar refractivity (Wildman–Crippen MR) is 126 cm³/mol. The van der Waals surface area contributed by atoms with Gasteiger partial charge in [0.05, 0.1) is 12.6 Å². The summed E-state index contributed by atoms with van der Waals surface area (Å²) in [5.41, 5.74) is 7.81. The van der Waals surface area contributed by atoms with Crippen molar-refractivity contribution in [2.45, 2.75) is 70.9 Å². The molecule has 0 fully saturated rings. The molecule has 160 valence electrons. The molecule has 1 aromatic carbocycles. The van der Waals surface area contributed by atoms with Gasteiger partial charge in [-0.25, -0.2) is 4.79 Å². The van der Waals surface area contributed by atoms with Crippen molar-refractivity contribution in [3.8, 4) is 5.00 Å². The molecule has 3 aromatic rings. The predicted octanol–water partition coefficient (Wildman–Crippen LogP) is 6.41. The average molecular weight is 432 g/mol. The summed E-state index contributed by atoms with van der Waals surface area (Å²) in [7, 11) is 0. The summed E-state index contributed by atoms with van der Waals surface area (Å²) >= 11 is 1.94. The summed E-state index contributed by atoms with van der Waals surface area (Å²) < 4.78 is 2.33. The molecule has 1 aliphatic heterocycles. The molecule has 0 bridgehead atoms. The summed E-state index contributed by atoms with van der Waals surface area (Å²) in [5, 5.41) is 4.63. The molecule has 31 heavy (non-hydrogen) atoms. The Balaban J connectivity index is 1.38. The van der Waals surface area contributed by atoms with E-state index in [-0.39, 0.29) is 12.1 Å². The van der Waals surface area contributed by atoms with Gasteiger partial charge in [0.1, 0.15) is 5.00 Å². The van der Waals surface area contributed by atoms with E-state index in [1.54, 1.807) is 0 Å². The minimum absolute atomic E-state index is 0.0165. The van der Waals surface area contributed by atoms with Crippen molar-refractivity contribution in [1.82, 2.24) is 9.47 Å². The number of hydrogen-bond acceptors (Lipinski definition) is 2. The molecule has 0 spiro atoms. The van der Waals surface area contributed by atoms with Gasteiger partial charge in [-0.05, 0) is 93.2 Å². The Labute approximate surface area is 187 Å². The number of rotatable bonds is 1. The van der Waals surface area contributed by atoms with Gasteiger partial charge in [-0.15, -0.1) is 11.3 Å². The van der Waals surface area contributed by atoms with Crippen LogP contribution in [-0.4, -0.2) is 15.5 Å². The molecule has 0 saturated heterocycles. The lowest BCUT2D eigenvalue weighted by Crippen LogP contribution is -2.36. The van der Waals surface area contributed by atoms with E-state index in [1.807, 2.05) is 16.2 Å². The number of anilines is 1. The molecule has 4 nitrogen and oxygen atoms in total. The first-order valence-electron chi connectivity index (χ1n) is 11.7. The van der Waals surface area contributed by atoms with E-state index in [4.69, 9.17) is 0 Å². The Morgan fingerprint density at radius 2 is 1.77 bits per heavy atom. The van der Waals surface area contributed by atoms with Gasteiger partial charge in [-0.2, -0.15) is 0 Å². The van der Waals surface area contributed by atoms with Crippen LogP contribution in [0.2, 0.25) is 0 Å². The third-order valence-electron chi connectivity index (χ3n) is 7.38. The maximum absolute atomic E-state index is 13.7.